The number of hydrogen-bond donors (Lipinski definition) is 1. The Morgan fingerprint density at radius 1 is 1.27 bits per heavy atom. The molecule has 1 aromatic carbocycles. The SMILES string of the molecule is CC(=O)CC(=O)Nc1ccc(I)c(I)c1. The molecule has 0 heterocycles. The molecule has 0 atom stereocenters. The molecule has 0 aromatic heterocycles. The van der Waals surface area contributed by atoms with Crippen LogP contribution in [0.3, 0.4) is 0 Å². The van der Waals surface area contributed by atoms with E-state index in [4.69, 9.17) is 0 Å². The lowest BCUT2D eigenvalue weighted by atomic mass is 10.2. The van der Waals surface area contributed by atoms with Crippen LogP contribution in [0.25, 0.3) is 0 Å². The molecule has 80 valence electrons. The fourth-order valence-corrected chi connectivity index (χ4v) is 1.86. The quantitative estimate of drug-likeness (QED) is 0.594. The summed E-state index contributed by atoms with van der Waals surface area (Å²) in [7, 11) is 0. The van der Waals surface area contributed by atoms with Crippen LogP contribution in [0.4, 0.5) is 5.69 Å². The van der Waals surface area contributed by atoms with Crippen molar-refractivity contribution in [3.8, 4) is 0 Å². The summed E-state index contributed by atoms with van der Waals surface area (Å²) in [4.78, 5) is 22.0. The number of hydrogen-bond acceptors (Lipinski definition) is 2. The lowest BCUT2D eigenvalue weighted by molar-refractivity contribution is -0.124. The third kappa shape index (κ3) is 4.45. The molecule has 0 bridgehead atoms. The van der Waals surface area contributed by atoms with Crippen LogP contribution in [0, 0.1) is 7.14 Å². The molecule has 1 aromatic rings. The average Bonchev–Trinajstić information content (AvgIpc) is 2.10. The number of nitrogens with one attached hydrogen (secondary N) is 1. The normalized spacial score (nSPS) is 9.80. The highest BCUT2D eigenvalue weighted by Gasteiger charge is 2.06. The third-order valence-corrected chi connectivity index (χ3v) is 4.48. The molecule has 0 fully saturated rings. The third-order valence-electron chi connectivity index (χ3n) is 1.61. The van der Waals surface area contributed by atoms with Gasteiger partial charge in [-0.05, 0) is 70.3 Å². The van der Waals surface area contributed by atoms with Gasteiger partial charge >= 0.3 is 0 Å². The number of rotatable bonds is 3. The summed E-state index contributed by atoms with van der Waals surface area (Å²) < 4.78 is 2.21. The number of ketones is 1. The standard InChI is InChI=1S/C10H9I2NO2/c1-6(14)4-10(15)13-7-2-3-8(11)9(12)5-7/h2-3,5H,4H2,1H3,(H,13,15). The lowest BCUT2D eigenvalue weighted by Crippen LogP contribution is -2.14. The zero-order valence-electron chi connectivity index (χ0n) is 8.01. The topological polar surface area (TPSA) is 46.2 Å². The molecular weight excluding hydrogens is 420 g/mol. The molecule has 0 spiro atoms. The molecule has 0 aliphatic heterocycles. The van der Waals surface area contributed by atoms with E-state index in [9.17, 15) is 9.59 Å². The molecule has 5 heteroatoms. The van der Waals surface area contributed by atoms with Crippen molar-refractivity contribution in [2.75, 3.05) is 5.32 Å². The highest BCUT2D eigenvalue weighted by Crippen LogP contribution is 2.19. The van der Waals surface area contributed by atoms with Gasteiger partial charge in [0.25, 0.3) is 0 Å². The molecule has 0 aliphatic rings. The van der Waals surface area contributed by atoms with Crippen LogP contribution in [-0.2, 0) is 9.59 Å². The summed E-state index contributed by atoms with van der Waals surface area (Å²) >= 11 is 4.42. The Labute approximate surface area is 115 Å². The second-order valence-electron chi connectivity index (χ2n) is 3.06. The fourth-order valence-electron chi connectivity index (χ4n) is 1.01. The molecule has 1 rings (SSSR count). The van der Waals surface area contributed by atoms with Gasteiger partial charge in [-0.1, -0.05) is 0 Å². The minimum Gasteiger partial charge on any atom is -0.326 e. The molecule has 0 unspecified atom stereocenters. The molecule has 0 saturated carbocycles. The maximum atomic E-state index is 11.3. The van der Waals surface area contributed by atoms with Crippen molar-refractivity contribution in [1.82, 2.24) is 0 Å². The van der Waals surface area contributed by atoms with Crippen LogP contribution < -0.4 is 5.32 Å². The minimum absolute atomic E-state index is 0.0669. The number of amides is 1. The van der Waals surface area contributed by atoms with Crippen LogP contribution in [0.1, 0.15) is 13.3 Å². The number of carbonyl (C=O) groups is 2. The Hall–Kier alpha value is -0.180. The van der Waals surface area contributed by atoms with E-state index in [1.807, 2.05) is 18.2 Å². The van der Waals surface area contributed by atoms with Gasteiger partial charge in [-0.15, -0.1) is 0 Å². The largest absolute Gasteiger partial charge is 0.326 e. The van der Waals surface area contributed by atoms with Gasteiger partial charge in [0.15, 0.2) is 0 Å². The first-order chi connectivity index (χ1) is 6.99. The van der Waals surface area contributed by atoms with Crippen LogP contribution in [-0.4, -0.2) is 11.7 Å². The van der Waals surface area contributed by atoms with E-state index in [-0.39, 0.29) is 18.1 Å². The van der Waals surface area contributed by atoms with Crippen molar-refractivity contribution in [3.63, 3.8) is 0 Å². The van der Waals surface area contributed by atoms with Crippen molar-refractivity contribution in [1.29, 1.82) is 0 Å². The van der Waals surface area contributed by atoms with Crippen molar-refractivity contribution in [3.05, 3.63) is 25.3 Å². The van der Waals surface area contributed by atoms with Crippen molar-refractivity contribution < 1.29 is 9.59 Å². The number of carbonyl (C=O) groups excluding carboxylic acids is 2. The van der Waals surface area contributed by atoms with Crippen molar-refractivity contribution in [2.45, 2.75) is 13.3 Å². The molecule has 0 radical (unpaired) electrons. The van der Waals surface area contributed by atoms with E-state index in [1.165, 1.54) is 6.92 Å². The second-order valence-corrected chi connectivity index (χ2v) is 5.38. The Kier molecular flexibility index (Phi) is 4.97. The van der Waals surface area contributed by atoms with Gasteiger partial charge in [0.2, 0.25) is 5.91 Å². The first kappa shape index (κ1) is 12.9. The highest BCUT2D eigenvalue weighted by atomic mass is 127. The smallest absolute Gasteiger partial charge is 0.231 e. The van der Waals surface area contributed by atoms with Crippen molar-refractivity contribution in [2.24, 2.45) is 0 Å². The summed E-state index contributed by atoms with van der Waals surface area (Å²) in [5.41, 5.74) is 0.728. The summed E-state index contributed by atoms with van der Waals surface area (Å²) in [6, 6.07) is 5.62. The van der Waals surface area contributed by atoms with Gasteiger partial charge in [-0.3, -0.25) is 9.59 Å². The first-order valence-electron chi connectivity index (χ1n) is 4.23. The predicted molar refractivity (Wildman–Crippen MR) is 75.8 cm³/mol. The average molecular weight is 429 g/mol. The monoisotopic (exact) mass is 429 g/mol. The zero-order chi connectivity index (χ0) is 11.4. The molecule has 0 aliphatic carbocycles. The van der Waals surface area contributed by atoms with E-state index < -0.39 is 0 Å². The molecule has 0 saturated heterocycles. The second kappa shape index (κ2) is 5.78. The molecule has 15 heavy (non-hydrogen) atoms. The minimum atomic E-state index is -0.264. The van der Waals surface area contributed by atoms with Crippen LogP contribution in [0.5, 0.6) is 0 Å². The molecule has 3 nitrogen and oxygen atoms in total. The van der Waals surface area contributed by atoms with Crippen molar-refractivity contribution >= 4 is 62.6 Å². The van der Waals surface area contributed by atoms with E-state index in [2.05, 4.69) is 50.5 Å². The van der Waals surface area contributed by atoms with Gasteiger partial charge in [-0.2, -0.15) is 0 Å². The fraction of sp³-hybridized carbons (Fsp3) is 0.200. The first-order valence-corrected chi connectivity index (χ1v) is 6.39. The van der Waals surface area contributed by atoms with E-state index in [0.717, 1.165) is 12.8 Å². The van der Waals surface area contributed by atoms with Crippen LogP contribution in [0.15, 0.2) is 18.2 Å². The number of halogens is 2. The Morgan fingerprint density at radius 2 is 1.93 bits per heavy atom. The van der Waals surface area contributed by atoms with E-state index in [1.54, 1.807) is 0 Å². The van der Waals surface area contributed by atoms with Gasteiger partial charge in [0.1, 0.15) is 5.78 Å². The molecule has 1 N–H and O–H groups in total. The number of Topliss-reactive ketones (excluding diaryl/α,β-unsaturated/α-hetero) is 1. The summed E-state index contributed by atoms with van der Waals surface area (Å²) in [6.45, 7) is 1.40. The molecule has 1 amide bonds. The predicted octanol–water partition coefficient (Wildman–Crippen LogP) is 2.81. The summed E-state index contributed by atoms with van der Waals surface area (Å²) in [5, 5.41) is 2.67. The van der Waals surface area contributed by atoms with Crippen LogP contribution >= 0.6 is 45.2 Å². The van der Waals surface area contributed by atoms with Gasteiger partial charge in [0, 0.05) is 12.8 Å². The summed E-state index contributed by atoms with van der Waals surface area (Å²) in [5.74, 6) is -0.396. The number of benzene rings is 1. The van der Waals surface area contributed by atoms with E-state index >= 15 is 0 Å². The Bertz CT molecular complexity index is 404. The summed E-state index contributed by atoms with van der Waals surface area (Å²) in [6.07, 6.45) is -0.0669. The zero-order valence-corrected chi connectivity index (χ0v) is 12.3. The van der Waals surface area contributed by atoms with Gasteiger partial charge in [0.05, 0.1) is 6.42 Å². The van der Waals surface area contributed by atoms with E-state index in [0.29, 0.717) is 0 Å². The maximum absolute atomic E-state index is 11.3. The van der Waals surface area contributed by atoms with Gasteiger partial charge in [-0.25, -0.2) is 0 Å². The highest BCUT2D eigenvalue weighted by molar-refractivity contribution is 14.1. The van der Waals surface area contributed by atoms with Gasteiger partial charge < -0.3 is 5.32 Å². The Morgan fingerprint density at radius 3 is 2.47 bits per heavy atom. The molecular formula is C10H9I2NO2. The lowest BCUT2D eigenvalue weighted by Gasteiger charge is -2.05. The maximum Gasteiger partial charge on any atom is 0.231 e. The Balaban J connectivity index is 2.69. The van der Waals surface area contributed by atoms with Crippen LogP contribution in [0.2, 0.25) is 0 Å². The number of anilines is 1.